The second kappa shape index (κ2) is 14.9. The van der Waals surface area contributed by atoms with Gasteiger partial charge in [0, 0.05) is 38.3 Å². The Kier molecular flexibility index (Phi) is 12.4. The van der Waals surface area contributed by atoms with Gasteiger partial charge in [0.1, 0.15) is 5.69 Å². The van der Waals surface area contributed by atoms with Crippen LogP contribution in [0.25, 0.3) is 0 Å². The molecule has 21 heteroatoms. The number of amides is 3. The molecule has 0 saturated carbocycles. The molecule has 0 fully saturated rings. The molecule has 3 amide bonds. The number of alkyl halides is 9. The minimum atomic E-state index is -5.13. The number of carbonyl (C=O) groups excluding carboxylic acids is 3. The molecule has 2 heterocycles. The van der Waals surface area contributed by atoms with E-state index in [1.807, 2.05) is 0 Å². The number of likely N-dealkylation sites (N-methyl/N-ethyl adjacent to an activating group) is 1. The average molecular weight is 725 g/mol. The van der Waals surface area contributed by atoms with Crippen LogP contribution in [0.2, 0.25) is 0 Å². The molecule has 0 unspecified atom stereocenters. The number of azo groups is 1. The number of nitrogens with zero attached hydrogens (tertiary/aromatic N) is 6. The number of anilines is 2. The molecule has 2 aromatic rings. The first-order valence-electron chi connectivity index (χ1n) is 12.8. The zero-order chi connectivity index (χ0) is 32.9. The van der Waals surface area contributed by atoms with E-state index in [1.54, 1.807) is 22.6 Å². The van der Waals surface area contributed by atoms with Crippen molar-refractivity contribution < 1.29 is 75.4 Å². The summed E-state index contributed by atoms with van der Waals surface area (Å²) >= 11 is 0. The van der Waals surface area contributed by atoms with Crippen LogP contribution in [0.15, 0.2) is 40.8 Å². The van der Waals surface area contributed by atoms with Gasteiger partial charge in [-0.3, -0.25) is 14.4 Å². The third-order valence-electron chi connectivity index (χ3n) is 6.24. The second-order valence-electron chi connectivity index (χ2n) is 9.45. The lowest BCUT2D eigenvalue weighted by atomic mass is 10.1. The molecule has 0 bridgehead atoms. The van der Waals surface area contributed by atoms with E-state index in [2.05, 4.69) is 10.2 Å². The van der Waals surface area contributed by atoms with Gasteiger partial charge in [0.2, 0.25) is 0 Å². The maximum atomic E-state index is 13.2. The number of hydrogen-bond donors (Lipinski definition) is 2. The van der Waals surface area contributed by atoms with Gasteiger partial charge in [-0.1, -0.05) is 5.11 Å². The van der Waals surface area contributed by atoms with Crippen molar-refractivity contribution in [3.05, 3.63) is 30.6 Å². The van der Waals surface area contributed by atoms with E-state index in [9.17, 15) is 53.9 Å². The average Bonchev–Trinajstić information content (AvgIpc) is 3.31. The summed E-state index contributed by atoms with van der Waals surface area (Å²) in [5, 5.41) is 11.6. The molecule has 1 aliphatic rings. The Morgan fingerprint density at radius 1 is 0.844 bits per heavy atom. The minimum Gasteiger partial charge on any atom is -1.00 e. The predicted molar refractivity (Wildman–Crippen MR) is 134 cm³/mol. The largest absolute Gasteiger partial charge is 1.00 e. The van der Waals surface area contributed by atoms with Gasteiger partial charge < -0.3 is 37.4 Å². The number of nitrogens with one attached hydrogen (secondary N) is 2. The molecule has 2 N–H and O–H groups in total. The summed E-state index contributed by atoms with van der Waals surface area (Å²) < 4.78 is 117. The van der Waals surface area contributed by atoms with Crippen LogP contribution in [0.1, 0.15) is 12.8 Å². The van der Waals surface area contributed by atoms with Crippen molar-refractivity contribution in [1.29, 1.82) is 0 Å². The fraction of sp³-hybridized carbons (Fsp3) is 0.500. The Morgan fingerprint density at radius 3 is 2.02 bits per heavy atom. The van der Waals surface area contributed by atoms with E-state index in [-0.39, 0.29) is 86.4 Å². The first kappa shape index (κ1) is 37.3. The first-order valence-corrected chi connectivity index (χ1v) is 12.8. The highest BCUT2D eigenvalue weighted by atomic mass is 79.9. The van der Waals surface area contributed by atoms with Gasteiger partial charge in [0.15, 0.2) is 0 Å². The zero-order valence-electron chi connectivity index (χ0n) is 23.2. The predicted octanol–water partition coefficient (Wildman–Crippen LogP) is 0.677. The summed E-state index contributed by atoms with van der Waals surface area (Å²) in [6.07, 6.45) is -12.4. The topological polar surface area (TPSA) is 115 Å². The van der Waals surface area contributed by atoms with Crippen molar-refractivity contribution in [2.45, 2.75) is 44.5 Å². The van der Waals surface area contributed by atoms with E-state index >= 15 is 0 Å². The van der Waals surface area contributed by atoms with Crippen LogP contribution >= 0.6 is 0 Å². The molecule has 0 radical (unpaired) electrons. The van der Waals surface area contributed by atoms with Crippen molar-refractivity contribution in [3.8, 4) is 0 Å². The smallest absolute Gasteiger partial charge is 0.471 e. The maximum absolute atomic E-state index is 13.2. The number of hydrogen-bond acceptors (Lipinski definition) is 6. The molecule has 1 aliphatic heterocycles. The van der Waals surface area contributed by atoms with Crippen molar-refractivity contribution >= 4 is 40.7 Å². The van der Waals surface area contributed by atoms with E-state index in [0.29, 0.717) is 10.6 Å². The van der Waals surface area contributed by atoms with Crippen LogP contribution in [0, 0.1) is 0 Å². The lowest BCUT2D eigenvalue weighted by Crippen LogP contribution is -3.00. The lowest BCUT2D eigenvalue weighted by Gasteiger charge is -2.35. The SMILES string of the molecule is CN1CCN(C(=O)C(F)(F)F)c2cc(N=Nc3n(CCCNC(=O)C(F)(F)F)cc[n+]3CCCNC(=O)C(F)(F)F)ccc21.[Br-]. The molecule has 250 valence electrons. The molecular weight excluding hydrogens is 699 g/mol. The standard InChI is InChI=1S/C24H25F9N8O3.BrH/c1-38-10-13-41(20(44)24(31,32)33)17-14-15(4-5-16(17)38)36-37-21-39(8-2-6-34-18(42)22(25,26)27)11-12-40(21)9-3-7-35-19(43)23(28,29)30;/h4-5,11-12,14H,2-3,6-10,13H2,1H3,(H-,34,35,42,43);1H. The highest BCUT2D eigenvalue weighted by Gasteiger charge is 2.44. The highest BCUT2D eigenvalue weighted by molar-refractivity contribution is 6.01. The zero-order valence-corrected chi connectivity index (χ0v) is 24.8. The fourth-order valence-electron chi connectivity index (χ4n) is 4.10. The summed E-state index contributed by atoms with van der Waals surface area (Å²) in [5.41, 5.74) is 0.294. The Labute approximate surface area is 259 Å². The quantitative estimate of drug-likeness (QED) is 0.162. The highest BCUT2D eigenvalue weighted by Crippen LogP contribution is 2.38. The molecule has 3 rings (SSSR count). The molecule has 0 spiro atoms. The van der Waals surface area contributed by atoms with Crippen LogP contribution in [-0.4, -0.2) is 74.0 Å². The van der Waals surface area contributed by atoms with E-state index < -0.39 is 36.3 Å². The monoisotopic (exact) mass is 724 g/mol. The van der Waals surface area contributed by atoms with Gasteiger partial charge in [-0.15, -0.1) is 0 Å². The number of rotatable bonds is 10. The number of benzene rings is 1. The van der Waals surface area contributed by atoms with Gasteiger partial charge in [-0.05, 0) is 31.0 Å². The molecular formula is C24H26BrF9N8O3. The Balaban J connectivity index is 0.00000705. The van der Waals surface area contributed by atoms with Crippen LogP contribution < -0.4 is 42.0 Å². The van der Waals surface area contributed by atoms with Crippen molar-refractivity contribution in [2.24, 2.45) is 10.2 Å². The number of halogens is 10. The Hall–Kier alpha value is -3.91. The number of carbonyl (C=O) groups is 3. The molecule has 11 nitrogen and oxygen atoms in total. The lowest BCUT2D eigenvalue weighted by molar-refractivity contribution is -0.683. The number of imidazole rings is 1. The summed E-state index contributed by atoms with van der Waals surface area (Å²) in [6, 6.07) is 4.09. The maximum Gasteiger partial charge on any atom is 0.471 e. The fourth-order valence-corrected chi connectivity index (χ4v) is 4.10. The van der Waals surface area contributed by atoms with Gasteiger partial charge in [0.25, 0.3) is 0 Å². The van der Waals surface area contributed by atoms with E-state index in [0.717, 1.165) is 0 Å². The van der Waals surface area contributed by atoms with E-state index in [1.165, 1.54) is 39.7 Å². The molecule has 45 heavy (non-hydrogen) atoms. The first-order chi connectivity index (χ1) is 20.4. The summed E-state index contributed by atoms with van der Waals surface area (Å²) in [6.45, 7) is -0.826. The van der Waals surface area contributed by atoms with Gasteiger partial charge in [-0.2, -0.15) is 39.5 Å². The summed E-state index contributed by atoms with van der Waals surface area (Å²) in [5.74, 6) is -6.27. The third kappa shape index (κ3) is 10.0. The number of aromatic nitrogens is 2. The van der Waals surface area contributed by atoms with Gasteiger partial charge in [0.05, 0.1) is 36.9 Å². The van der Waals surface area contributed by atoms with E-state index in [4.69, 9.17) is 0 Å². The van der Waals surface area contributed by atoms with Crippen LogP contribution in [0.5, 0.6) is 0 Å². The Morgan fingerprint density at radius 2 is 1.44 bits per heavy atom. The number of aryl methyl sites for hydroxylation is 2. The third-order valence-corrected chi connectivity index (χ3v) is 6.24. The van der Waals surface area contributed by atoms with Crippen LogP contribution in [0.3, 0.4) is 0 Å². The molecule has 0 aliphatic carbocycles. The van der Waals surface area contributed by atoms with Gasteiger partial charge in [-0.25, -0.2) is 9.13 Å². The van der Waals surface area contributed by atoms with Crippen molar-refractivity contribution in [3.63, 3.8) is 0 Å². The minimum absolute atomic E-state index is 0. The molecule has 0 atom stereocenters. The molecule has 1 aromatic heterocycles. The molecule has 1 aromatic carbocycles. The van der Waals surface area contributed by atoms with Gasteiger partial charge >= 0.3 is 42.2 Å². The molecule has 0 saturated heterocycles. The van der Waals surface area contributed by atoms with Crippen molar-refractivity contribution in [1.82, 2.24) is 15.2 Å². The summed E-state index contributed by atoms with van der Waals surface area (Å²) in [4.78, 5) is 36.3. The number of fused-ring (bicyclic) bond motifs is 1. The van der Waals surface area contributed by atoms with Crippen LogP contribution in [0.4, 0.5) is 62.5 Å². The summed E-state index contributed by atoms with van der Waals surface area (Å²) in [7, 11) is 1.62. The Bertz CT molecular complexity index is 1340. The normalized spacial score (nSPS) is 13.8. The van der Waals surface area contributed by atoms with Crippen molar-refractivity contribution in [2.75, 3.05) is 43.0 Å². The van der Waals surface area contributed by atoms with Crippen LogP contribution in [-0.2, 0) is 27.5 Å². The second-order valence-corrected chi connectivity index (χ2v) is 9.45.